The first-order chi connectivity index (χ1) is 13.0. The molecule has 140 valence electrons. The van der Waals surface area contributed by atoms with E-state index < -0.39 is 11.1 Å². The topological polar surface area (TPSA) is 73.1 Å². The van der Waals surface area contributed by atoms with Crippen LogP contribution >= 0.6 is 0 Å². The molecule has 0 aliphatic carbocycles. The van der Waals surface area contributed by atoms with Crippen molar-refractivity contribution < 1.29 is 4.79 Å². The van der Waals surface area contributed by atoms with E-state index in [4.69, 9.17) is 0 Å². The number of fused-ring (bicyclic) bond motifs is 1. The van der Waals surface area contributed by atoms with Crippen molar-refractivity contribution in [3.05, 3.63) is 80.9 Å². The summed E-state index contributed by atoms with van der Waals surface area (Å²) < 4.78 is 2.56. The molecule has 0 aliphatic heterocycles. The lowest BCUT2D eigenvalue weighted by molar-refractivity contribution is -0.122. The van der Waals surface area contributed by atoms with Gasteiger partial charge in [-0.15, -0.1) is 0 Å². The van der Waals surface area contributed by atoms with Gasteiger partial charge in [0, 0.05) is 13.1 Å². The van der Waals surface area contributed by atoms with Gasteiger partial charge >= 0.3 is 11.1 Å². The number of nitrogens with zero attached hydrogens (tertiary/aromatic N) is 2. The quantitative estimate of drug-likeness (QED) is 0.678. The molecule has 0 fully saturated rings. The summed E-state index contributed by atoms with van der Waals surface area (Å²) in [6.45, 7) is 1.76. The Balaban J connectivity index is 1.73. The maximum Gasteiger partial charge on any atom is 0.317 e. The summed E-state index contributed by atoms with van der Waals surface area (Å²) in [5, 5.41) is 2.92. The number of aromatic nitrogens is 2. The van der Waals surface area contributed by atoms with Crippen LogP contribution in [0.3, 0.4) is 0 Å². The van der Waals surface area contributed by atoms with Gasteiger partial charge in [-0.3, -0.25) is 19.0 Å². The van der Waals surface area contributed by atoms with Gasteiger partial charge in [-0.25, -0.2) is 0 Å². The summed E-state index contributed by atoms with van der Waals surface area (Å²) in [4.78, 5) is 37.0. The molecule has 3 aromatic rings. The number of benzene rings is 2. The second-order valence-corrected chi connectivity index (χ2v) is 6.74. The molecule has 3 rings (SSSR count). The van der Waals surface area contributed by atoms with Crippen LogP contribution in [0.4, 0.5) is 0 Å². The molecule has 0 aliphatic rings. The van der Waals surface area contributed by atoms with E-state index in [0.29, 0.717) is 11.0 Å². The molecule has 6 nitrogen and oxygen atoms in total. The summed E-state index contributed by atoms with van der Waals surface area (Å²) in [7, 11) is 1.56. The van der Waals surface area contributed by atoms with E-state index in [-0.39, 0.29) is 18.5 Å². The fraction of sp³-hybridized carbons (Fsp3) is 0.286. The van der Waals surface area contributed by atoms with Crippen molar-refractivity contribution in [3.8, 4) is 0 Å². The van der Waals surface area contributed by atoms with Gasteiger partial charge < -0.3 is 9.88 Å². The fourth-order valence-corrected chi connectivity index (χ4v) is 3.17. The average molecular weight is 365 g/mol. The average Bonchev–Trinajstić information content (AvgIpc) is 2.69. The molecule has 1 heterocycles. The van der Waals surface area contributed by atoms with Gasteiger partial charge in [0.1, 0.15) is 6.54 Å². The smallest absolute Gasteiger partial charge is 0.317 e. The minimum atomic E-state index is -0.691. The Bertz CT molecular complexity index is 1070. The van der Waals surface area contributed by atoms with Gasteiger partial charge in [0.2, 0.25) is 5.91 Å². The van der Waals surface area contributed by atoms with E-state index in [9.17, 15) is 14.4 Å². The Morgan fingerprint density at radius 3 is 2.30 bits per heavy atom. The van der Waals surface area contributed by atoms with Gasteiger partial charge in [0.15, 0.2) is 0 Å². The molecule has 1 N–H and O–H groups in total. The number of aryl methyl sites for hydroxylation is 2. The molecule has 0 saturated carbocycles. The maximum absolute atomic E-state index is 12.4. The van der Waals surface area contributed by atoms with Gasteiger partial charge in [0.25, 0.3) is 0 Å². The highest BCUT2D eigenvalue weighted by Crippen LogP contribution is 2.09. The van der Waals surface area contributed by atoms with Crippen molar-refractivity contribution in [1.82, 2.24) is 14.5 Å². The van der Waals surface area contributed by atoms with Crippen molar-refractivity contribution in [1.29, 1.82) is 0 Å². The molecule has 0 saturated heterocycles. The van der Waals surface area contributed by atoms with E-state index in [1.54, 1.807) is 31.3 Å². The lowest BCUT2D eigenvalue weighted by atomic mass is 10.1. The van der Waals surface area contributed by atoms with Crippen molar-refractivity contribution in [3.63, 3.8) is 0 Å². The SMILES string of the molecule is C[C@@H](CCc1ccccc1)NC(=O)Cn1c(=O)c(=O)n(C)c2ccccc21. The standard InChI is InChI=1S/C21H23N3O3/c1-15(12-13-16-8-4-3-5-9-16)22-19(25)14-24-18-11-7-6-10-17(18)23(2)20(26)21(24)27/h3-11,15H,12-14H2,1-2H3,(H,22,25)/t15-/m0/s1. The molecule has 1 atom stereocenters. The second-order valence-electron chi connectivity index (χ2n) is 6.74. The highest BCUT2D eigenvalue weighted by atomic mass is 16.2. The van der Waals surface area contributed by atoms with Gasteiger partial charge in [-0.2, -0.15) is 0 Å². The Hall–Kier alpha value is -3.15. The van der Waals surface area contributed by atoms with Crippen LogP contribution in [-0.4, -0.2) is 21.1 Å². The summed E-state index contributed by atoms with van der Waals surface area (Å²) >= 11 is 0. The molecule has 2 aromatic carbocycles. The fourth-order valence-electron chi connectivity index (χ4n) is 3.17. The van der Waals surface area contributed by atoms with Crippen LogP contribution in [0, 0.1) is 0 Å². The second kappa shape index (κ2) is 8.03. The number of carbonyl (C=O) groups is 1. The number of carbonyl (C=O) groups excluding carboxylic acids is 1. The number of para-hydroxylation sites is 2. The van der Waals surface area contributed by atoms with Crippen LogP contribution in [0.1, 0.15) is 18.9 Å². The maximum atomic E-state index is 12.4. The third-order valence-corrected chi connectivity index (χ3v) is 4.68. The van der Waals surface area contributed by atoms with Gasteiger partial charge in [0.05, 0.1) is 11.0 Å². The zero-order valence-electron chi connectivity index (χ0n) is 15.5. The molecule has 0 spiro atoms. The predicted octanol–water partition coefficient (Wildman–Crippen LogP) is 1.84. The highest BCUT2D eigenvalue weighted by molar-refractivity contribution is 5.80. The summed E-state index contributed by atoms with van der Waals surface area (Å²) in [6, 6.07) is 17.1. The van der Waals surface area contributed by atoms with Crippen molar-refractivity contribution in [2.45, 2.75) is 32.4 Å². The first-order valence-electron chi connectivity index (χ1n) is 8.99. The van der Waals surface area contributed by atoms with Crippen LogP contribution in [0.15, 0.2) is 64.2 Å². The summed E-state index contributed by atoms with van der Waals surface area (Å²) in [5.74, 6) is -0.281. The molecule has 6 heteroatoms. The summed E-state index contributed by atoms with van der Waals surface area (Å²) in [6.07, 6.45) is 1.65. The van der Waals surface area contributed by atoms with Crippen molar-refractivity contribution in [2.75, 3.05) is 0 Å². The number of amides is 1. The molecular formula is C21H23N3O3. The van der Waals surface area contributed by atoms with E-state index in [1.165, 1.54) is 14.7 Å². The van der Waals surface area contributed by atoms with E-state index in [0.717, 1.165) is 12.8 Å². The number of rotatable bonds is 6. The molecule has 1 aromatic heterocycles. The zero-order valence-corrected chi connectivity index (χ0v) is 15.5. The molecule has 0 unspecified atom stereocenters. The predicted molar refractivity (Wildman–Crippen MR) is 106 cm³/mol. The van der Waals surface area contributed by atoms with Crippen LogP contribution < -0.4 is 16.4 Å². The normalized spacial score (nSPS) is 12.1. The largest absolute Gasteiger partial charge is 0.352 e. The molecular weight excluding hydrogens is 342 g/mol. The van der Waals surface area contributed by atoms with E-state index >= 15 is 0 Å². The number of nitrogens with one attached hydrogen (secondary N) is 1. The van der Waals surface area contributed by atoms with Crippen LogP contribution in [-0.2, 0) is 24.8 Å². The third-order valence-electron chi connectivity index (χ3n) is 4.68. The Morgan fingerprint density at radius 1 is 0.963 bits per heavy atom. The van der Waals surface area contributed by atoms with E-state index in [1.807, 2.05) is 25.1 Å². The van der Waals surface area contributed by atoms with Crippen LogP contribution in [0.2, 0.25) is 0 Å². The van der Waals surface area contributed by atoms with Crippen molar-refractivity contribution in [2.24, 2.45) is 7.05 Å². The monoisotopic (exact) mass is 365 g/mol. The molecule has 1 amide bonds. The third kappa shape index (κ3) is 4.16. The van der Waals surface area contributed by atoms with Gasteiger partial charge in [-0.05, 0) is 37.5 Å². The Labute approximate surface area is 157 Å². The molecule has 27 heavy (non-hydrogen) atoms. The Kier molecular flexibility index (Phi) is 5.54. The first-order valence-corrected chi connectivity index (χ1v) is 8.99. The number of hydrogen-bond acceptors (Lipinski definition) is 3. The molecule has 0 radical (unpaired) electrons. The van der Waals surface area contributed by atoms with Crippen LogP contribution in [0.25, 0.3) is 11.0 Å². The number of hydrogen-bond donors (Lipinski definition) is 1. The zero-order chi connectivity index (χ0) is 19.4. The van der Waals surface area contributed by atoms with E-state index in [2.05, 4.69) is 17.4 Å². The minimum Gasteiger partial charge on any atom is -0.352 e. The summed E-state index contributed by atoms with van der Waals surface area (Å²) in [5.41, 5.74) is 1.07. The highest BCUT2D eigenvalue weighted by Gasteiger charge is 2.14. The van der Waals surface area contributed by atoms with Crippen molar-refractivity contribution >= 4 is 16.9 Å². The molecule has 0 bridgehead atoms. The lowest BCUT2D eigenvalue weighted by Crippen LogP contribution is -2.44. The minimum absolute atomic E-state index is 0.0359. The van der Waals surface area contributed by atoms with Crippen LogP contribution in [0.5, 0.6) is 0 Å². The Morgan fingerprint density at radius 2 is 1.59 bits per heavy atom. The lowest BCUT2D eigenvalue weighted by Gasteiger charge is -2.16. The first kappa shape index (κ1) is 18.6. The van der Waals surface area contributed by atoms with Gasteiger partial charge in [-0.1, -0.05) is 42.5 Å².